The number of hydrogen-bond donors (Lipinski definition) is 1. The first-order chi connectivity index (χ1) is 14.0. The summed E-state index contributed by atoms with van der Waals surface area (Å²) in [5, 5.41) is 0.727. The number of aryl methyl sites for hydroxylation is 2. The lowest BCUT2D eigenvalue weighted by Gasteiger charge is -2.23. The van der Waals surface area contributed by atoms with Gasteiger partial charge in [-0.05, 0) is 51.5 Å². The van der Waals surface area contributed by atoms with Crippen molar-refractivity contribution < 1.29 is 14.4 Å². The van der Waals surface area contributed by atoms with Crippen LogP contribution >= 0.6 is 11.3 Å². The lowest BCUT2D eigenvalue weighted by molar-refractivity contribution is -0.894. The number of likely N-dealkylation sites (N-methyl/N-ethyl adjacent to an activating group) is 1. The van der Waals surface area contributed by atoms with E-state index in [-0.39, 0.29) is 5.91 Å². The van der Waals surface area contributed by atoms with Gasteiger partial charge in [0.05, 0.1) is 38.0 Å². The van der Waals surface area contributed by atoms with E-state index in [1.165, 1.54) is 4.90 Å². The van der Waals surface area contributed by atoms with Crippen LogP contribution in [0.5, 0.6) is 5.75 Å². The number of thiazole rings is 1. The molecular formula is C23H30N3O2S+. The zero-order valence-corrected chi connectivity index (χ0v) is 18.7. The molecule has 0 saturated heterocycles. The summed E-state index contributed by atoms with van der Waals surface area (Å²) in [5.74, 6) is 0.737. The number of fused-ring (bicyclic) bond motifs is 1. The van der Waals surface area contributed by atoms with Gasteiger partial charge in [0.2, 0.25) is 0 Å². The number of rotatable bonds is 8. The molecule has 154 valence electrons. The Bertz CT molecular complexity index is 995. The molecule has 0 bridgehead atoms. The maximum Gasteiger partial charge on any atom is 0.260 e. The summed E-state index contributed by atoms with van der Waals surface area (Å²) < 4.78 is 6.57. The standard InChI is InChI=1S/C23H29N3O2S/c1-6-25(7-2)13-14-26(22(27)18-10-8-9-16(3)15-18)23-24-20-19(28-5)12-11-17(4)21(20)29-23/h8-12,15H,6-7,13-14H2,1-5H3/p+1. The van der Waals surface area contributed by atoms with E-state index >= 15 is 0 Å². The van der Waals surface area contributed by atoms with Crippen LogP contribution in [-0.4, -0.2) is 44.2 Å². The Balaban J connectivity index is 2.03. The van der Waals surface area contributed by atoms with Gasteiger partial charge in [0.1, 0.15) is 11.3 Å². The maximum atomic E-state index is 13.5. The number of benzene rings is 2. The molecule has 1 heterocycles. The predicted molar refractivity (Wildman–Crippen MR) is 121 cm³/mol. The number of anilines is 1. The zero-order chi connectivity index (χ0) is 21.0. The maximum absolute atomic E-state index is 13.5. The van der Waals surface area contributed by atoms with E-state index in [1.54, 1.807) is 18.4 Å². The monoisotopic (exact) mass is 412 g/mol. The summed E-state index contributed by atoms with van der Waals surface area (Å²) in [6, 6.07) is 11.7. The molecule has 0 unspecified atom stereocenters. The minimum atomic E-state index is -0.00377. The molecule has 0 spiro atoms. The first-order valence-electron chi connectivity index (χ1n) is 10.1. The number of aromatic nitrogens is 1. The quantitative estimate of drug-likeness (QED) is 0.616. The number of amides is 1. The van der Waals surface area contributed by atoms with Crippen molar-refractivity contribution in [2.45, 2.75) is 27.7 Å². The van der Waals surface area contributed by atoms with Crippen LogP contribution in [0.25, 0.3) is 10.2 Å². The highest BCUT2D eigenvalue weighted by molar-refractivity contribution is 7.22. The molecule has 1 aromatic heterocycles. The fraction of sp³-hybridized carbons (Fsp3) is 0.391. The minimum absolute atomic E-state index is 0.00377. The van der Waals surface area contributed by atoms with Gasteiger partial charge in [0.15, 0.2) is 5.13 Å². The van der Waals surface area contributed by atoms with Crippen molar-refractivity contribution in [3.63, 3.8) is 0 Å². The molecule has 0 aliphatic rings. The molecule has 0 fully saturated rings. The summed E-state index contributed by atoms with van der Waals surface area (Å²) in [4.78, 5) is 21.6. The highest BCUT2D eigenvalue weighted by Gasteiger charge is 2.24. The number of nitrogens with one attached hydrogen (secondary N) is 1. The topological polar surface area (TPSA) is 46.9 Å². The van der Waals surface area contributed by atoms with Gasteiger partial charge in [-0.3, -0.25) is 9.69 Å². The highest BCUT2D eigenvalue weighted by Crippen LogP contribution is 2.36. The predicted octanol–water partition coefficient (Wildman–Crippen LogP) is 3.49. The molecule has 0 aliphatic carbocycles. The molecule has 3 aromatic rings. The Hall–Kier alpha value is -2.44. The number of hydrogen-bond acceptors (Lipinski definition) is 4. The molecule has 0 radical (unpaired) electrons. The van der Waals surface area contributed by atoms with E-state index < -0.39 is 0 Å². The molecule has 6 heteroatoms. The largest absolute Gasteiger partial charge is 0.494 e. The van der Waals surface area contributed by atoms with E-state index in [9.17, 15) is 4.79 Å². The van der Waals surface area contributed by atoms with E-state index in [1.807, 2.05) is 48.2 Å². The molecule has 0 saturated carbocycles. The lowest BCUT2D eigenvalue weighted by atomic mass is 10.1. The second kappa shape index (κ2) is 9.37. The molecule has 2 aromatic carbocycles. The van der Waals surface area contributed by atoms with E-state index in [4.69, 9.17) is 9.72 Å². The Morgan fingerprint density at radius 2 is 1.93 bits per heavy atom. The summed E-state index contributed by atoms with van der Waals surface area (Å²) in [6.45, 7) is 12.0. The van der Waals surface area contributed by atoms with Gasteiger partial charge in [-0.15, -0.1) is 0 Å². The van der Waals surface area contributed by atoms with Crippen molar-refractivity contribution in [3.05, 3.63) is 53.1 Å². The number of carbonyl (C=O) groups excluding carboxylic acids is 1. The molecular weight excluding hydrogens is 382 g/mol. The first-order valence-corrected chi connectivity index (χ1v) is 11.0. The molecule has 29 heavy (non-hydrogen) atoms. The van der Waals surface area contributed by atoms with Crippen molar-refractivity contribution >= 4 is 32.6 Å². The van der Waals surface area contributed by atoms with Crippen LogP contribution in [0, 0.1) is 13.8 Å². The van der Waals surface area contributed by atoms with Gasteiger partial charge < -0.3 is 9.64 Å². The van der Waals surface area contributed by atoms with Gasteiger partial charge >= 0.3 is 0 Å². The SMILES string of the molecule is CC[NH+](CC)CCN(C(=O)c1cccc(C)c1)c1nc2c(OC)ccc(C)c2s1. The Labute approximate surface area is 176 Å². The third-order valence-electron chi connectivity index (χ3n) is 5.34. The number of quaternary nitrogens is 1. The van der Waals surface area contributed by atoms with E-state index in [0.29, 0.717) is 12.1 Å². The third-order valence-corrected chi connectivity index (χ3v) is 6.56. The van der Waals surface area contributed by atoms with Crippen molar-refractivity contribution in [2.24, 2.45) is 0 Å². The molecule has 0 aliphatic heterocycles. The van der Waals surface area contributed by atoms with Gasteiger partial charge in [-0.25, -0.2) is 4.98 Å². The van der Waals surface area contributed by atoms with Gasteiger partial charge in [0, 0.05) is 5.56 Å². The fourth-order valence-electron chi connectivity index (χ4n) is 3.47. The zero-order valence-electron chi connectivity index (χ0n) is 17.9. The smallest absolute Gasteiger partial charge is 0.260 e. The first kappa shape index (κ1) is 21.3. The summed E-state index contributed by atoms with van der Waals surface area (Å²) in [7, 11) is 1.66. The van der Waals surface area contributed by atoms with Crippen LogP contribution in [0.4, 0.5) is 5.13 Å². The minimum Gasteiger partial charge on any atom is -0.494 e. The Morgan fingerprint density at radius 1 is 1.17 bits per heavy atom. The van der Waals surface area contributed by atoms with Crippen molar-refractivity contribution in [1.29, 1.82) is 0 Å². The number of methoxy groups -OCH3 is 1. The van der Waals surface area contributed by atoms with E-state index in [2.05, 4.69) is 20.8 Å². The number of ether oxygens (including phenoxy) is 1. The van der Waals surface area contributed by atoms with Gasteiger partial charge in [0.25, 0.3) is 5.91 Å². The average Bonchev–Trinajstić information content (AvgIpc) is 3.17. The summed E-state index contributed by atoms with van der Waals surface area (Å²) >= 11 is 1.56. The molecule has 0 atom stereocenters. The second-order valence-electron chi connectivity index (χ2n) is 7.29. The van der Waals surface area contributed by atoms with Crippen LogP contribution in [-0.2, 0) is 0 Å². The summed E-state index contributed by atoms with van der Waals surface area (Å²) in [5.41, 5.74) is 3.74. The lowest BCUT2D eigenvalue weighted by Crippen LogP contribution is -3.12. The number of carbonyl (C=O) groups is 1. The van der Waals surface area contributed by atoms with Gasteiger partial charge in [-0.2, -0.15) is 0 Å². The van der Waals surface area contributed by atoms with Gasteiger partial charge in [-0.1, -0.05) is 35.1 Å². The van der Waals surface area contributed by atoms with Crippen LogP contribution in [0.1, 0.15) is 35.3 Å². The van der Waals surface area contributed by atoms with Crippen molar-refractivity contribution in [3.8, 4) is 5.75 Å². The average molecular weight is 413 g/mol. The molecule has 1 N–H and O–H groups in total. The van der Waals surface area contributed by atoms with Crippen LogP contribution < -0.4 is 14.5 Å². The van der Waals surface area contributed by atoms with Crippen LogP contribution in [0.2, 0.25) is 0 Å². The molecule has 1 amide bonds. The third kappa shape index (κ3) is 4.60. The van der Waals surface area contributed by atoms with Crippen molar-refractivity contribution in [2.75, 3.05) is 38.2 Å². The van der Waals surface area contributed by atoms with E-state index in [0.717, 1.165) is 51.9 Å². The normalized spacial score (nSPS) is 11.2. The molecule has 5 nitrogen and oxygen atoms in total. The second-order valence-corrected chi connectivity index (χ2v) is 8.27. The Morgan fingerprint density at radius 3 is 2.59 bits per heavy atom. The fourth-order valence-corrected chi connectivity index (χ4v) is 4.55. The van der Waals surface area contributed by atoms with Crippen LogP contribution in [0.3, 0.4) is 0 Å². The number of nitrogens with zero attached hydrogens (tertiary/aromatic N) is 2. The summed E-state index contributed by atoms with van der Waals surface area (Å²) in [6.07, 6.45) is 0. The highest BCUT2D eigenvalue weighted by atomic mass is 32.1. The molecule has 3 rings (SSSR count). The van der Waals surface area contributed by atoms with Crippen molar-refractivity contribution in [1.82, 2.24) is 4.98 Å². The Kier molecular flexibility index (Phi) is 6.87. The van der Waals surface area contributed by atoms with Crippen LogP contribution in [0.15, 0.2) is 36.4 Å².